The number of carbonyl (C=O) groups is 1. The first-order chi connectivity index (χ1) is 7.77. The number of hydrogen-bond acceptors (Lipinski definition) is 4. The van der Waals surface area contributed by atoms with Crippen LogP contribution in [0.3, 0.4) is 0 Å². The second-order valence-corrected chi connectivity index (χ2v) is 5.20. The van der Waals surface area contributed by atoms with Gasteiger partial charge in [-0.1, -0.05) is 0 Å². The van der Waals surface area contributed by atoms with E-state index in [1.54, 1.807) is 6.08 Å². The quantitative estimate of drug-likeness (QED) is 0.656. The predicted octanol–water partition coefficient (Wildman–Crippen LogP) is 0.503. The maximum atomic E-state index is 11.1. The Kier molecular flexibility index (Phi) is 2.39. The van der Waals surface area contributed by atoms with Crippen molar-refractivity contribution >= 4 is 5.97 Å². The van der Waals surface area contributed by atoms with Crippen molar-refractivity contribution in [1.29, 1.82) is 0 Å². The van der Waals surface area contributed by atoms with Gasteiger partial charge in [0.15, 0.2) is 0 Å². The molecule has 16 heavy (non-hydrogen) atoms. The summed E-state index contributed by atoms with van der Waals surface area (Å²) in [5.41, 5.74) is 1.53. The molecule has 3 aliphatic heterocycles. The number of esters is 1. The topological polar surface area (TPSA) is 41.6 Å². The van der Waals surface area contributed by atoms with E-state index < -0.39 is 0 Å². The van der Waals surface area contributed by atoms with Crippen LogP contribution >= 0.6 is 0 Å². The third-order valence-electron chi connectivity index (χ3n) is 4.05. The van der Waals surface area contributed by atoms with E-state index in [1.165, 1.54) is 19.3 Å². The Bertz CT molecular complexity index is 332. The number of ether oxygens (including phenoxy) is 1. The molecule has 0 bridgehead atoms. The van der Waals surface area contributed by atoms with Gasteiger partial charge in [0.1, 0.15) is 6.61 Å². The van der Waals surface area contributed by atoms with E-state index in [4.69, 9.17) is 4.74 Å². The number of nitrogens with one attached hydrogen (secondary N) is 1. The molecule has 3 aliphatic rings. The zero-order chi connectivity index (χ0) is 11.0. The SMILES string of the molecule is O=C1C=C(N2CCCC3(CCNC3)C2)CO1. The standard InChI is InChI=1S/C12H18N2O2/c15-11-6-10(7-16-11)14-5-1-2-12(9-14)3-4-13-8-12/h6,13H,1-5,7-9H2. The van der Waals surface area contributed by atoms with Gasteiger partial charge >= 0.3 is 5.97 Å². The van der Waals surface area contributed by atoms with Crippen LogP contribution in [0.5, 0.6) is 0 Å². The highest BCUT2D eigenvalue weighted by Crippen LogP contribution is 2.37. The van der Waals surface area contributed by atoms with Crippen LogP contribution in [0.2, 0.25) is 0 Å². The first-order valence-electron chi connectivity index (χ1n) is 6.11. The van der Waals surface area contributed by atoms with Crippen molar-refractivity contribution in [2.75, 3.05) is 32.8 Å². The highest BCUT2D eigenvalue weighted by atomic mass is 16.5. The number of likely N-dealkylation sites (tertiary alicyclic amines) is 1. The van der Waals surface area contributed by atoms with Crippen molar-refractivity contribution in [1.82, 2.24) is 10.2 Å². The average molecular weight is 222 g/mol. The fraction of sp³-hybridized carbons (Fsp3) is 0.750. The lowest BCUT2D eigenvalue weighted by Gasteiger charge is -2.41. The summed E-state index contributed by atoms with van der Waals surface area (Å²) in [5.74, 6) is -0.181. The summed E-state index contributed by atoms with van der Waals surface area (Å²) in [5, 5.41) is 3.46. The molecular formula is C12H18N2O2. The molecule has 3 rings (SSSR count). The first-order valence-corrected chi connectivity index (χ1v) is 6.11. The number of nitrogens with zero attached hydrogens (tertiary/aromatic N) is 1. The molecule has 1 unspecified atom stereocenters. The highest BCUT2D eigenvalue weighted by molar-refractivity contribution is 5.85. The van der Waals surface area contributed by atoms with Gasteiger partial charge in [0.25, 0.3) is 0 Å². The Balaban J connectivity index is 1.72. The lowest BCUT2D eigenvalue weighted by molar-refractivity contribution is -0.135. The van der Waals surface area contributed by atoms with Gasteiger partial charge in [-0.25, -0.2) is 4.79 Å². The summed E-state index contributed by atoms with van der Waals surface area (Å²) in [6, 6.07) is 0. The molecule has 1 spiro atoms. The summed E-state index contributed by atoms with van der Waals surface area (Å²) in [6.45, 7) is 4.91. The third kappa shape index (κ3) is 1.71. The largest absolute Gasteiger partial charge is 0.456 e. The van der Waals surface area contributed by atoms with Crippen LogP contribution in [0, 0.1) is 5.41 Å². The van der Waals surface area contributed by atoms with E-state index in [1.807, 2.05) is 0 Å². The van der Waals surface area contributed by atoms with Crippen LogP contribution in [0.25, 0.3) is 0 Å². The number of rotatable bonds is 1. The van der Waals surface area contributed by atoms with Crippen LogP contribution in [0.4, 0.5) is 0 Å². The fourth-order valence-electron chi connectivity index (χ4n) is 3.14. The van der Waals surface area contributed by atoms with Crippen molar-refractivity contribution in [3.8, 4) is 0 Å². The maximum absolute atomic E-state index is 11.1. The van der Waals surface area contributed by atoms with E-state index in [0.717, 1.165) is 31.9 Å². The van der Waals surface area contributed by atoms with E-state index in [-0.39, 0.29) is 5.97 Å². The second kappa shape index (κ2) is 3.77. The van der Waals surface area contributed by atoms with Crippen LogP contribution in [-0.2, 0) is 9.53 Å². The Morgan fingerprint density at radius 3 is 3.06 bits per heavy atom. The molecule has 2 saturated heterocycles. The first kappa shape index (κ1) is 10.1. The fourth-order valence-corrected chi connectivity index (χ4v) is 3.14. The molecule has 4 heteroatoms. The molecule has 0 aromatic carbocycles. The molecule has 1 atom stereocenters. The Hall–Kier alpha value is -1.03. The molecule has 2 fully saturated rings. The van der Waals surface area contributed by atoms with Gasteiger partial charge in [-0.3, -0.25) is 0 Å². The molecule has 0 amide bonds. The van der Waals surface area contributed by atoms with Gasteiger partial charge in [-0.05, 0) is 25.8 Å². The minimum Gasteiger partial charge on any atom is -0.456 e. The van der Waals surface area contributed by atoms with E-state index in [2.05, 4.69) is 10.2 Å². The monoisotopic (exact) mass is 222 g/mol. The number of piperidine rings is 1. The van der Waals surface area contributed by atoms with Crippen molar-refractivity contribution in [3.05, 3.63) is 11.8 Å². The smallest absolute Gasteiger partial charge is 0.333 e. The molecule has 88 valence electrons. The molecular weight excluding hydrogens is 204 g/mol. The van der Waals surface area contributed by atoms with Gasteiger partial charge in [0.2, 0.25) is 0 Å². The minimum absolute atomic E-state index is 0.181. The average Bonchev–Trinajstić information content (AvgIpc) is 2.89. The minimum atomic E-state index is -0.181. The van der Waals surface area contributed by atoms with E-state index >= 15 is 0 Å². The third-order valence-corrected chi connectivity index (χ3v) is 4.05. The van der Waals surface area contributed by atoms with E-state index in [0.29, 0.717) is 12.0 Å². The van der Waals surface area contributed by atoms with Crippen LogP contribution < -0.4 is 5.32 Å². The van der Waals surface area contributed by atoms with Gasteiger partial charge in [0, 0.05) is 31.1 Å². The number of carbonyl (C=O) groups excluding carboxylic acids is 1. The molecule has 0 radical (unpaired) electrons. The Labute approximate surface area is 95.6 Å². The van der Waals surface area contributed by atoms with Crippen molar-refractivity contribution in [2.24, 2.45) is 5.41 Å². The van der Waals surface area contributed by atoms with Crippen LogP contribution in [-0.4, -0.2) is 43.7 Å². The molecule has 0 aromatic rings. The summed E-state index contributed by atoms with van der Waals surface area (Å²) < 4.78 is 4.98. The Morgan fingerprint density at radius 1 is 1.44 bits per heavy atom. The van der Waals surface area contributed by atoms with Crippen molar-refractivity contribution in [2.45, 2.75) is 19.3 Å². The summed E-state index contributed by atoms with van der Waals surface area (Å²) in [4.78, 5) is 13.4. The molecule has 0 aromatic heterocycles. The predicted molar refractivity (Wildman–Crippen MR) is 59.8 cm³/mol. The highest BCUT2D eigenvalue weighted by Gasteiger charge is 2.39. The van der Waals surface area contributed by atoms with Crippen LogP contribution in [0.1, 0.15) is 19.3 Å². The lowest BCUT2D eigenvalue weighted by Crippen LogP contribution is -2.44. The van der Waals surface area contributed by atoms with Crippen molar-refractivity contribution in [3.63, 3.8) is 0 Å². The van der Waals surface area contributed by atoms with Crippen molar-refractivity contribution < 1.29 is 9.53 Å². The summed E-state index contributed by atoms with van der Waals surface area (Å²) in [7, 11) is 0. The summed E-state index contributed by atoms with van der Waals surface area (Å²) in [6.07, 6.45) is 5.47. The van der Waals surface area contributed by atoms with E-state index in [9.17, 15) is 4.79 Å². The summed E-state index contributed by atoms with van der Waals surface area (Å²) >= 11 is 0. The molecule has 0 saturated carbocycles. The molecule has 0 aliphatic carbocycles. The van der Waals surface area contributed by atoms with Gasteiger partial charge < -0.3 is 15.0 Å². The second-order valence-electron chi connectivity index (χ2n) is 5.20. The van der Waals surface area contributed by atoms with Gasteiger partial charge in [-0.2, -0.15) is 0 Å². The number of hydrogen-bond donors (Lipinski definition) is 1. The molecule has 4 nitrogen and oxygen atoms in total. The lowest BCUT2D eigenvalue weighted by atomic mass is 9.79. The van der Waals surface area contributed by atoms with Crippen LogP contribution in [0.15, 0.2) is 11.8 Å². The van der Waals surface area contributed by atoms with Gasteiger partial charge in [-0.15, -0.1) is 0 Å². The molecule has 1 N–H and O–H groups in total. The zero-order valence-electron chi connectivity index (χ0n) is 9.50. The van der Waals surface area contributed by atoms with Gasteiger partial charge in [0.05, 0.1) is 5.70 Å². The Morgan fingerprint density at radius 2 is 2.38 bits per heavy atom. The maximum Gasteiger partial charge on any atom is 0.333 e. The molecule has 3 heterocycles. The normalized spacial score (nSPS) is 34.4. The number of cyclic esters (lactones) is 1. The zero-order valence-corrected chi connectivity index (χ0v) is 9.50.